The number of rotatable bonds is 5. The van der Waals surface area contributed by atoms with Crippen LogP contribution in [0.1, 0.15) is 27.0 Å². The molecule has 0 amide bonds. The minimum Gasteiger partial charge on any atom is -0.507 e. The Labute approximate surface area is 170 Å². The van der Waals surface area contributed by atoms with Crippen molar-refractivity contribution in [3.63, 3.8) is 0 Å². The molecule has 0 spiro atoms. The minimum absolute atomic E-state index is 0.145. The number of fused-ring (bicyclic) bond motifs is 1. The first-order chi connectivity index (χ1) is 14.0. The summed E-state index contributed by atoms with van der Waals surface area (Å²) in [5.41, 5.74) is 3.17. The predicted molar refractivity (Wildman–Crippen MR) is 111 cm³/mol. The average Bonchev–Trinajstić information content (AvgIpc) is 3.01. The highest BCUT2D eigenvalue weighted by Crippen LogP contribution is 2.40. The fourth-order valence-electron chi connectivity index (χ4n) is 3.90. The molecule has 0 aliphatic carbocycles. The Balaban J connectivity index is 1.55. The Hall–Kier alpha value is -2.67. The summed E-state index contributed by atoms with van der Waals surface area (Å²) in [6.45, 7) is 6.79. The first-order valence-electron chi connectivity index (χ1n) is 9.96. The standard InChI is InChI=1S/C23H26N2O4/c1-16-3-2-4-17(13-16)14-21-22(28)18-5-6-20(27)19(23(18)29-21)15-25-9-7-24(8-10-25)11-12-26/h2-6,13-14,26-27H,7-12,15H2,1H3/b21-14+. The molecule has 6 heteroatoms. The number of phenols is 1. The quantitative estimate of drug-likeness (QED) is 0.759. The minimum atomic E-state index is -0.157. The normalized spacial score (nSPS) is 18.8. The van der Waals surface area contributed by atoms with Crippen molar-refractivity contribution in [2.24, 2.45) is 0 Å². The molecule has 0 aromatic heterocycles. The van der Waals surface area contributed by atoms with E-state index in [0.717, 1.165) is 37.3 Å². The van der Waals surface area contributed by atoms with E-state index in [1.807, 2.05) is 31.2 Å². The predicted octanol–water partition coefficient (Wildman–Crippen LogP) is 2.43. The highest BCUT2D eigenvalue weighted by Gasteiger charge is 2.32. The second-order valence-electron chi connectivity index (χ2n) is 7.64. The van der Waals surface area contributed by atoms with Crippen LogP contribution in [-0.2, 0) is 6.54 Å². The third kappa shape index (κ3) is 4.19. The number of allylic oxidation sites excluding steroid dienone is 1. The number of aliphatic hydroxyl groups excluding tert-OH is 1. The monoisotopic (exact) mass is 394 g/mol. The molecule has 2 aliphatic rings. The third-order valence-electron chi connectivity index (χ3n) is 5.52. The first kappa shape index (κ1) is 19.6. The molecule has 0 atom stereocenters. The van der Waals surface area contributed by atoms with E-state index in [-0.39, 0.29) is 23.9 Å². The lowest BCUT2D eigenvalue weighted by Gasteiger charge is -2.34. The summed E-state index contributed by atoms with van der Waals surface area (Å²) in [6, 6.07) is 11.1. The number of aryl methyl sites for hydroxylation is 1. The van der Waals surface area contributed by atoms with Crippen LogP contribution in [-0.4, -0.2) is 65.1 Å². The molecule has 0 bridgehead atoms. The van der Waals surface area contributed by atoms with Crippen molar-refractivity contribution in [2.75, 3.05) is 39.3 Å². The van der Waals surface area contributed by atoms with Crippen LogP contribution in [0.3, 0.4) is 0 Å². The fraction of sp³-hybridized carbons (Fsp3) is 0.348. The van der Waals surface area contributed by atoms with Crippen molar-refractivity contribution in [3.8, 4) is 11.5 Å². The highest BCUT2D eigenvalue weighted by atomic mass is 16.5. The van der Waals surface area contributed by atoms with Gasteiger partial charge in [-0.25, -0.2) is 0 Å². The number of ketones is 1. The van der Waals surface area contributed by atoms with E-state index in [4.69, 9.17) is 9.84 Å². The van der Waals surface area contributed by atoms with Gasteiger partial charge in [-0.2, -0.15) is 0 Å². The van der Waals surface area contributed by atoms with Crippen LogP contribution in [0.15, 0.2) is 42.2 Å². The average molecular weight is 394 g/mol. The van der Waals surface area contributed by atoms with Gasteiger partial charge in [0.1, 0.15) is 11.5 Å². The smallest absolute Gasteiger partial charge is 0.231 e. The third-order valence-corrected chi connectivity index (χ3v) is 5.52. The number of piperazine rings is 1. The van der Waals surface area contributed by atoms with Crippen LogP contribution in [0.5, 0.6) is 11.5 Å². The van der Waals surface area contributed by atoms with Crippen LogP contribution in [0.4, 0.5) is 0 Å². The molecule has 4 rings (SSSR count). The molecule has 1 fully saturated rings. The van der Waals surface area contributed by atoms with E-state index < -0.39 is 0 Å². The molecule has 2 aliphatic heterocycles. The molecule has 0 unspecified atom stereocenters. The second-order valence-corrected chi connectivity index (χ2v) is 7.64. The number of hydrogen-bond acceptors (Lipinski definition) is 6. The van der Waals surface area contributed by atoms with Gasteiger partial charge in [0.15, 0.2) is 5.76 Å². The number of ether oxygens (including phenoxy) is 1. The fourth-order valence-corrected chi connectivity index (χ4v) is 3.90. The largest absolute Gasteiger partial charge is 0.507 e. The maximum absolute atomic E-state index is 12.8. The summed E-state index contributed by atoms with van der Waals surface area (Å²) >= 11 is 0. The molecule has 0 radical (unpaired) electrons. The van der Waals surface area contributed by atoms with Crippen molar-refractivity contribution in [3.05, 3.63) is 64.4 Å². The van der Waals surface area contributed by atoms with Gasteiger partial charge in [0.2, 0.25) is 5.78 Å². The first-order valence-corrected chi connectivity index (χ1v) is 9.96. The zero-order valence-electron chi connectivity index (χ0n) is 16.6. The topological polar surface area (TPSA) is 73.2 Å². The van der Waals surface area contributed by atoms with Gasteiger partial charge in [-0.15, -0.1) is 0 Å². The molecule has 2 aromatic carbocycles. The van der Waals surface area contributed by atoms with E-state index >= 15 is 0 Å². The van der Waals surface area contributed by atoms with Crippen molar-refractivity contribution in [2.45, 2.75) is 13.5 Å². The van der Waals surface area contributed by atoms with Gasteiger partial charge >= 0.3 is 0 Å². The number of carbonyl (C=O) groups excluding carboxylic acids is 1. The van der Waals surface area contributed by atoms with Crippen molar-refractivity contribution >= 4 is 11.9 Å². The SMILES string of the molecule is Cc1cccc(/C=C2/Oc3c(ccc(O)c3CN3CCN(CCO)CC3)C2=O)c1. The zero-order chi connectivity index (χ0) is 20.4. The lowest BCUT2D eigenvalue weighted by Crippen LogP contribution is -2.46. The van der Waals surface area contributed by atoms with Gasteiger partial charge in [0.05, 0.1) is 17.7 Å². The molecule has 6 nitrogen and oxygen atoms in total. The number of phenolic OH excluding ortho intramolecular Hbond substituents is 1. The second kappa shape index (κ2) is 8.37. The van der Waals surface area contributed by atoms with Gasteiger partial charge in [0, 0.05) is 39.3 Å². The molecule has 2 aromatic rings. The maximum Gasteiger partial charge on any atom is 0.231 e. The van der Waals surface area contributed by atoms with Crippen LogP contribution in [0.2, 0.25) is 0 Å². The Kier molecular flexibility index (Phi) is 5.67. The molecule has 0 saturated carbocycles. The van der Waals surface area contributed by atoms with E-state index in [1.165, 1.54) is 0 Å². The number of hydrogen-bond donors (Lipinski definition) is 2. The van der Waals surface area contributed by atoms with Gasteiger partial charge in [-0.1, -0.05) is 29.8 Å². The Morgan fingerprint density at radius 3 is 2.59 bits per heavy atom. The van der Waals surface area contributed by atoms with E-state index in [9.17, 15) is 9.90 Å². The van der Waals surface area contributed by atoms with Gasteiger partial charge < -0.3 is 14.9 Å². The zero-order valence-corrected chi connectivity index (χ0v) is 16.6. The molecule has 1 saturated heterocycles. The molecule has 29 heavy (non-hydrogen) atoms. The number of nitrogens with zero attached hydrogens (tertiary/aromatic N) is 2. The lowest BCUT2D eigenvalue weighted by atomic mass is 10.0. The highest BCUT2D eigenvalue weighted by molar-refractivity contribution is 6.15. The Morgan fingerprint density at radius 1 is 1.10 bits per heavy atom. The number of β-amino-alcohol motifs (C(OH)–C–C–N with tert-alkyl or cyclic N) is 1. The maximum atomic E-state index is 12.8. The summed E-state index contributed by atoms with van der Waals surface area (Å²) in [5, 5.41) is 19.5. The number of carbonyl (C=O) groups is 1. The summed E-state index contributed by atoms with van der Waals surface area (Å²) < 4.78 is 5.96. The summed E-state index contributed by atoms with van der Waals surface area (Å²) in [5.74, 6) is 0.735. The van der Waals surface area contributed by atoms with Crippen LogP contribution >= 0.6 is 0 Å². The Morgan fingerprint density at radius 2 is 1.86 bits per heavy atom. The number of Topliss-reactive ketones (excluding diaryl/α,β-unsaturated/α-hetero) is 1. The van der Waals surface area contributed by atoms with Crippen LogP contribution in [0.25, 0.3) is 6.08 Å². The van der Waals surface area contributed by atoms with Crippen molar-refractivity contribution in [1.29, 1.82) is 0 Å². The van der Waals surface area contributed by atoms with E-state index in [2.05, 4.69) is 9.80 Å². The van der Waals surface area contributed by atoms with Crippen LogP contribution < -0.4 is 4.74 Å². The van der Waals surface area contributed by atoms with Crippen molar-refractivity contribution < 1.29 is 19.7 Å². The molecule has 2 N–H and O–H groups in total. The van der Waals surface area contributed by atoms with Gasteiger partial charge in [0.25, 0.3) is 0 Å². The van der Waals surface area contributed by atoms with Gasteiger partial charge in [-0.05, 0) is 30.7 Å². The molecule has 2 heterocycles. The van der Waals surface area contributed by atoms with Crippen molar-refractivity contribution in [1.82, 2.24) is 9.80 Å². The number of benzene rings is 2. The number of aliphatic hydroxyl groups is 1. The van der Waals surface area contributed by atoms with Crippen LogP contribution in [0, 0.1) is 6.92 Å². The number of aromatic hydroxyl groups is 1. The summed E-state index contributed by atoms with van der Waals surface area (Å²) in [7, 11) is 0. The summed E-state index contributed by atoms with van der Waals surface area (Å²) in [4.78, 5) is 17.3. The molecular formula is C23H26N2O4. The molecule has 152 valence electrons. The molecular weight excluding hydrogens is 368 g/mol. The lowest BCUT2D eigenvalue weighted by molar-refractivity contribution is 0.101. The van der Waals surface area contributed by atoms with Gasteiger partial charge in [-0.3, -0.25) is 14.6 Å². The summed E-state index contributed by atoms with van der Waals surface area (Å²) in [6.07, 6.45) is 1.75. The Bertz CT molecular complexity index is 946. The van der Waals surface area contributed by atoms with E-state index in [1.54, 1.807) is 18.2 Å². The van der Waals surface area contributed by atoms with E-state index in [0.29, 0.717) is 30.0 Å².